The average molecular weight is 372 g/mol. The highest BCUT2D eigenvalue weighted by Gasteiger charge is 2.30. The first-order valence-electron chi connectivity index (χ1n) is 6.91. The molecular formula is C16H12F4N2O2S. The second-order valence-electron chi connectivity index (χ2n) is 4.80. The van der Waals surface area contributed by atoms with Crippen molar-refractivity contribution in [1.29, 1.82) is 0 Å². The van der Waals surface area contributed by atoms with E-state index < -0.39 is 29.4 Å². The maximum absolute atomic E-state index is 13.4. The summed E-state index contributed by atoms with van der Waals surface area (Å²) >= 11 is 0.872. The summed E-state index contributed by atoms with van der Waals surface area (Å²) in [4.78, 5) is 23.6. The van der Waals surface area contributed by atoms with Gasteiger partial charge in [0.1, 0.15) is 5.82 Å². The maximum atomic E-state index is 13.4. The van der Waals surface area contributed by atoms with Gasteiger partial charge in [-0.05, 0) is 30.3 Å². The zero-order valence-corrected chi connectivity index (χ0v) is 13.4. The summed E-state index contributed by atoms with van der Waals surface area (Å²) < 4.78 is 51.2. The molecule has 0 aliphatic carbocycles. The molecule has 0 aromatic heterocycles. The van der Waals surface area contributed by atoms with Crippen molar-refractivity contribution in [3.05, 3.63) is 65.5 Å². The summed E-state index contributed by atoms with van der Waals surface area (Å²) in [6.07, 6.45) is -4.47. The lowest BCUT2D eigenvalue weighted by atomic mass is 10.2. The highest BCUT2D eigenvalue weighted by atomic mass is 32.2. The lowest BCUT2D eigenvalue weighted by Gasteiger charge is -2.09. The van der Waals surface area contributed by atoms with E-state index in [1.54, 1.807) is 0 Å². The lowest BCUT2D eigenvalue weighted by molar-refractivity contribution is -0.137. The molecule has 0 fully saturated rings. The standard InChI is InChI=1S/C16H12F4N2O2S/c17-13-7-2-1-6-12(13)15(24)22-21-14(23)9-25-11-5-3-4-10(8-11)16(18,19)20/h1-8H,9H2,(H,21,23)(H,22,24). The molecular weight excluding hydrogens is 360 g/mol. The van der Waals surface area contributed by atoms with Crippen molar-refractivity contribution in [3.8, 4) is 0 Å². The lowest BCUT2D eigenvalue weighted by Crippen LogP contribution is -2.42. The molecule has 0 spiro atoms. The number of thioether (sulfide) groups is 1. The molecule has 0 radical (unpaired) electrons. The van der Waals surface area contributed by atoms with E-state index in [4.69, 9.17) is 0 Å². The van der Waals surface area contributed by atoms with E-state index in [2.05, 4.69) is 5.43 Å². The molecule has 2 aromatic rings. The van der Waals surface area contributed by atoms with Crippen LogP contribution in [0.1, 0.15) is 15.9 Å². The Balaban J connectivity index is 1.85. The molecule has 0 aliphatic heterocycles. The van der Waals surface area contributed by atoms with E-state index in [9.17, 15) is 27.2 Å². The van der Waals surface area contributed by atoms with Crippen LogP contribution in [0.25, 0.3) is 0 Å². The first kappa shape index (κ1) is 18.8. The molecule has 2 amide bonds. The van der Waals surface area contributed by atoms with Crippen LogP contribution in [0.15, 0.2) is 53.4 Å². The highest BCUT2D eigenvalue weighted by molar-refractivity contribution is 8.00. The van der Waals surface area contributed by atoms with Gasteiger partial charge >= 0.3 is 6.18 Å². The van der Waals surface area contributed by atoms with Crippen molar-refractivity contribution in [2.24, 2.45) is 0 Å². The third-order valence-electron chi connectivity index (χ3n) is 2.97. The molecule has 0 bridgehead atoms. The fraction of sp³-hybridized carbons (Fsp3) is 0.125. The molecule has 0 aliphatic rings. The molecule has 0 saturated carbocycles. The van der Waals surface area contributed by atoms with Crippen molar-refractivity contribution < 1.29 is 27.2 Å². The van der Waals surface area contributed by atoms with Crippen LogP contribution in [0.4, 0.5) is 17.6 Å². The topological polar surface area (TPSA) is 58.2 Å². The Morgan fingerprint density at radius 1 is 1.00 bits per heavy atom. The van der Waals surface area contributed by atoms with Gasteiger partial charge in [0.2, 0.25) is 5.91 Å². The molecule has 132 valence electrons. The number of hydrogen-bond donors (Lipinski definition) is 2. The third kappa shape index (κ3) is 5.49. The number of rotatable bonds is 4. The monoisotopic (exact) mass is 372 g/mol. The van der Waals surface area contributed by atoms with Crippen LogP contribution < -0.4 is 10.9 Å². The molecule has 2 N–H and O–H groups in total. The number of carbonyl (C=O) groups excluding carboxylic acids is 2. The van der Waals surface area contributed by atoms with Gasteiger partial charge in [-0.15, -0.1) is 11.8 Å². The van der Waals surface area contributed by atoms with Crippen LogP contribution in [0, 0.1) is 5.82 Å². The molecule has 25 heavy (non-hydrogen) atoms. The molecule has 2 rings (SSSR count). The SMILES string of the molecule is O=C(CSc1cccc(C(F)(F)F)c1)NNC(=O)c1ccccc1F. The Kier molecular flexibility index (Phi) is 6.02. The number of amides is 2. The number of nitrogens with one attached hydrogen (secondary N) is 2. The summed E-state index contributed by atoms with van der Waals surface area (Å²) in [6.45, 7) is 0. The van der Waals surface area contributed by atoms with Crippen LogP contribution in [0.5, 0.6) is 0 Å². The Morgan fingerprint density at radius 2 is 1.72 bits per heavy atom. The van der Waals surface area contributed by atoms with E-state index >= 15 is 0 Å². The van der Waals surface area contributed by atoms with Gasteiger partial charge in [-0.3, -0.25) is 20.4 Å². The molecule has 9 heteroatoms. The fourth-order valence-electron chi connectivity index (χ4n) is 1.79. The first-order valence-corrected chi connectivity index (χ1v) is 7.89. The van der Waals surface area contributed by atoms with Gasteiger partial charge in [0.05, 0.1) is 16.9 Å². The Labute approximate surface area is 144 Å². The Morgan fingerprint density at radius 3 is 2.40 bits per heavy atom. The second-order valence-corrected chi connectivity index (χ2v) is 5.85. The number of halogens is 4. The van der Waals surface area contributed by atoms with E-state index in [-0.39, 0.29) is 16.2 Å². The van der Waals surface area contributed by atoms with Crippen LogP contribution in [-0.4, -0.2) is 17.6 Å². The zero-order valence-electron chi connectivity index (χ0n) is 12.6. The minimum atomic E-state index is -4.47. The van der Waals surface area contributed by atoms with Crippen molar-refractivity contribution >= 4 is 23.6 Å². The first-order chi connectivity index (χ1) is 11.8. The third-order valence-corrected chi connectivity index (χ3v) is 3.96. The van der Waals surface area contributed by atoms with E-state index in [0.717, 1.165) is 30.0 Å². The van der Waals surface area contributed by atoms with Crippen LogP contribution in [0.3, 0.4) is 0 Å². The number of alkyl halides is 3. The molecule has 0 atom stereocenters. The van der Waals surface area contributed by atoms with Gasteiger partial charge in [0, 0.05) is 4.90 Å². The van der Waals surface area contributed by atoms with Gasteiger partial charge in [-0.2, -0.15) is 13.2 Å². The zero-order chi connectivity index (χ0) is 18.4. The minimum absolute atomic E-state index is 0.223. The largest absolute Gasteiger partial charge is 0.416 e. The van der Waals surface area contributed by atoms with Crippen LogP contribution in [-0.2, 0) is 11.0 Å². The van der Waals surface area contributed by atoms with Crippen molar-refractivity contribution in [2.75, 3.05) is 5.75 Å². The quantitative estimate of drug-likeness (QED) is 0.491. The van der Waals surface area contributed by atoms with Gasteiger partial charge in [0.15, 0.2) is 0 Å². The molecule has 0 saturated heterocycles. The van der Waals surface area contributed by atoms with E-state index in [0.29, 0.717) is 0 Å². The highest BCUT2D eigenvalue weighted by Crippen LogP contribution is 2.31. The number of hydrogen-bond acceptors (Lipinski definition) is 3. The molecule has 2 aromatic carbocycles. The average Bonchev–Trinajstić information content (AvgIpc) is 2.58. The summed E-state index contributed by atoms with van der Waals surface area (Å²) in [5.41, 5.74) is 3.06. The van der Waals surface area contributed by atoms with Crippen molar-refractivity contribution in [1.82, 2.24) is 10.9 Å². The van der Waals surface area contributed by atoms with Gasteiger partial charge < -0.3 is 0 Å². The minimum Gasteiger partial charge on any atom is -0.272 e. The number of hydrazine groups is 1. The van der Waals surface area contributed by atoms with E-state index in [1.807, 2.05) is 5.43 Å². The Hall–Kier alpha value is -2.55. The second kappa shape index (κ2) is 8.02. The molecule has 0 unspecified atom stereocenters. The Bertz CT molecular complexity index is 781. The molecule has 4 nitrogen and oxygen atoms in total. The van der Waals surface area contributed by atoms with Crippen molar-refractivity contribution in [3.63, 3.8) is 0 Å². The van der Waals surface area contributed by atoms with Gasteiger partial charge in [0.25, 0.3) is 5.91 Å². The van der Waals surface area contributed by atoms with E-state index in [1.165, 1.54) is 30.3 Å². The maximum Gasteiger partial charge on any atom is 0.416 e. The summed E-state index contributed by atoms with van der Waals surface area (Å²) in [6, 6.07) is 9.75. The predicted molar refractivity (Wildman–Crippen MR) is 84.2 cm³/mol. The number of carbonyl (C=O) groups is 2. The molecule has 0 heterocycles. The normalized spacial score (nSPS) is 11.0. The fourth-order valence-corrected chi connectivity index (χ4v) is 2.54. The van der Waals surface area contributed by atoms with Gasteiger partial charge in [-0.1, -0.05) is 18.2 Å². The van der Waals surface area contributed by atoms with Crippen LogP contribution in [0.2, 0.25) is 0 Å². The summed E-state index contributed by atoms with van der Waals surface area (Å²) in [5, 5.41) is 0. The predicted octanol–water partition coefficient (Wildman–Crippen LogP) is 3.40. The van der Waals surface area contributed by atoms with Gasteiger partial charge in [-0.25, -0.2) is 4.39 Å². The summed E-state index contributed by atoms with van der Waals surface area (Å²) in [7, 11) is 0. The smallest absolute Gasteiger partial charge is 0.272 e. The summed E-state index contributed by atoms with van der Waals surface area (Å²) in [5.74, 6) is -2.45. The van der Waals surface area contributed by atoms with Crippen LogP contribution >= 0.6 is 11.8 Å². The van der Waals surface area contributed by atoms with Crippen molar-refractivity contribution in [2.45, 2.75) is 11.1 Å². The number of benzene rings is 2.